The summed E-state index contributed by atoms with van der Waals surface area (Å²) in [6.45, 7) is 6.70. The Bertz CT molecular complexity index is 437. The maximum absolute atomic E-state index is 13.5. The van der Waals surface area contributed by atoms with Gasteiger partial charge in [0.05, 0.1) is 6.04 Å². The highest BCUT2D eigenvalue weighted by Gasteiger charge is 2.13. The third kappa shape index (κ3) is 5.57. The molecule has 0 fully saturated rings. The highest BCUT2D eigenvalue weighted by Crippen LogP contribution is 2.14. The van der Waals surface area contributed by atoms with Crippen molar-refractivity contribution in [1.29, 1.82) is 0 Å². The molecule has 3 nitrogen and oxygen atoms in total. The van der Waals surface area contributed by atoms with Crippen LogP contribution >= 0.6 is 11.6 Å². The maximum Gasteiger partial charge on any atom is 0.236 e. The van der Waals surface area contributed by atoms with E-state index in [-0.39, 0.29) is 24.3 Å². The molecule has 1 rings (SSSR count). The Morgan fingerprint density at radius 3 is 2.68 bits per heavy atom. The Morgan fingerprint density at radius 1 is 1.37 bits per heavy atom. The predicted octanol–water partition coefficient (Wildman–Crippen LogP) is 2.73. The second-order valence-electron chi connectivity index (χ2n) is 4.98. The third-order valence-corrected chi connectivity index (χ3v) is 2.92. The molecule has 2 N–H and O–H groups in total. The summed E-state index contributed by atoms with van der Waals surface area (Å²) in [7, 11) is 0. The van der Waals surface area contributed by atoms with Gasteiger partial charge in [-0.05, 0) is 31.0 Å². The number of hydrogen-bond donors (Lipinski definition) is 2. The summed E-state index contributed by atoms with van der Waals surface area (Å²) in [5.41, 5.74) is 0.455. The molecule has 0 spiro atoms. The van der Waals surface area contributed by atoms with Crippen LogP contribution in [-0.4, -0.2) is 18.5 Å². The van der Waals surface area contributed by atoms with Crippen LogP contribution in [0.1, 0.15) is 26.3 Å². The van der Waals surface area contributed by atoms with Crippen LogP contribution in [0.2, 0.25) is 5.02 Å². The van der Waals surface area contributed by atoms with Gasteiger partial charge in [-0.25, -0.2) is 4.39 Å². The van der Waals surface area contributed by atoms with Crippen molar-refractivity contribution in [3.8, 4) is 0 Å². The van der Waals surface area contributed by atoms with Crippen molar-refractivity contribution in [3.63, 3.8) is 0 Å². The van der Waals surface area contributed by atoms with Gasteiger partial charge in [0, 0.05) is 23.7 Å². The number of hydrogen-bond acceptors (Lipinski definition) is 2. The van der Waals surface area contributed by atoms with E-state index in [1.165, 1.54) is 12.1 Å². The molecule has 0 saturated carbocycles. The van der Waals surface area contributed by atoms with Crippen molar-refractivity contribution in [3.05, 3.63) is 34.6 Å². The summed E-state index contributed by atoms with van der Waals surface area (Å²) >= 11 is 5.81. The number of amides is 1. The molecule has 1 atom stereocenters. The van der Waals surface area contributed by atoms with Gasteiger partial charge in [-0.2, -0.15) is 0 Å². The molecule has 1 aromatic carbocycles. The van der Waals surface area contributed by atoms with Gasteiger partial charge < -0.3 is 10.6 Å². The average molecular weight is 287 g/mol. The summed E-state index contributed by atoms with van der Waals surface area (Å²) in [5, 5.41) is 6.28. The van der Waals surface area contributed by atoms with Crippen LogP contribution in [0.5, 0.6) is 0 Å². The number of nitrogens with one attached hydrogen (secondary N) is 2. The molecule has 5 heteroatoms. The van der Waals surface area contributed by atoms with Gasteiger partial charge in [-0.3, -0.25) is 4.79 Å². The average Bonchev–Trinajstić information content (AvgIpc) is 2.36. The van der Waals surface area contributed by atoms with Gasteiger partial charge >= 0.3 is 0 Å². The fourth-order valence-electron chi connectivity index (χ4n) is 1.49. The van der Waals surface area contributed by atoms with E-state index in [1.54, 1.807) is 13.0 Å². The topological polar surface area (TPSA) is 41.1 Å². The normalized spacial score (nSPS) is 12.5. The van der Waals surface area contributed by atoms with E-state index in [0.29, 0.717) is 23.0 Å². The monoisotopic (exact) mass is 286 g/mol. The van der Waals surface area contributed by atoms with Crippen LogP contribution < -0.4 is 10.6 Å². The Hall–Kier alpha value is -1.13. The smallest absolute Gasteiger partial charge is 0.236 e. The lowest BCUT2D eigenvalue weighted by Crippen LogP contribution is -2.43. The van der Waals surface area contributed by atoms with Crippen LogP contribution in [0.3, 0.4) is 0 Å². The predicted molar refractivity (Wildman–Crippen MR) is 75.6 cm³/mol. The molecule has 0 saturated heterocycles. The van der Waals surface area contributed by atoms with E-state index in [0.717, 1.165) is 0 Å². The SMILES string of the molecule is CC(C)CNC(=O)C(C)NCc1cc(Cl)ccc1F. The van der Waals surface area contributed by atoms with Crippen molar-refractivity contribution < 1.29 is 9.18 Å². The van der Waals surface area contributed by atoms with Crippen LogP contribution in [0, 0.1) is 11.7 Å². The van der Waals surface area contributed by atoms with E-state index in [4.69, 9.17) is 11.6 Å². The Morgan fingerprint density at radius 2 is 2.05 bits per heavy atom. The molecule has 0 bridgehead atoms. The standard InChI is InChI=1S/C14H20ClFN2O/c1-9(2)7-18-14(19)10(3)17-8-11-6-12(15)4-5-13(11)16/h4-6,9-10,17H,7-8H2,1-3H3,(H,18,19). The van der Waals surface area contributed by atoms with Crippen LogP contribution in [-0.2, 0) is 11.3 Å². The zero-order chi connectivity index (χ0) is 14.4. The van der Waals surface area contributed by atoms with Gasteiger partial charge in [-0.15, -0.1) is 0 Å². The number of carbonyl (C=O) groups excluding carboxylic acids is 1. The van der Waals surface area contributed by atoms with Gasteiger partial charge in [0.2, 0.25) is 5.91 Å². The molecular formula is C14H20ClFN2O. The minimum atomic E-state index is -0.378. The minimum absolute atomic E-state index is 0.0869. The number of rotatable bonds is 6. The summed E-state index contributed by atoms with van der Waals surface area (Å²) in [5.74, 6) is -0.00986. The highest BCUT2D eigenvalue weighted by molar-refractivity contribution is 6.30. The molecule has 0 aromatic heterocycles. The minimum Gasteiger partial charge on any atom is -0.354 e. The van der Waals surface area contributed by atoms with E-state index in [2.05, 4.69) is 10.6 Å². The molecule has 0 aliphatic heterocycles. The number of carbonyl (C=O) groups is 1. The largest absolute Gasteiger partial charge is 0.354 e. The molecule has 0 heterocycles. The number of halogens is 2. The van der Waals surface area contributed by atoms with Gasteiger partial charge in [0.25, 0.3) is 0 Å². The lowest BCUT2D eigenvalue weighted by Gasteiger charge is -2.15. The lowest BCUT2D eigenvalue weighted by atomic mass is 10.2. The van der Waals surface area contributed by atoms with E-state index < -0.39 is 0 Å². The van der Waals surface area contributed by atoms with Crippen LogP contribution in [0.4, 0.5) is 4.39 Å². The number of benzene rings is 1. The Labute approximate surface area is 118 Å². The van der Waals surface area contributed by atoms with Crippen molar-refractivity contribution in [2.75, 3.05) is 6.54 Å². The second-order valence-corrected chi connectivity index (χ2v) is 5.41. The molecule has 1 amide bonds. The lowest BCUT2D eigenvalue weighted by molar-refractivity contribution is -0.122. The molecule has 0 radical (unpaired) electrons. The summed E-state index contributed by atoms with van der Waals surface area (Å²) in [6, 6.07) is 4.00. The Kier molecular flexibility index (Phi) is 6.25. The van der Waals surface area contributed by atoms with E-state index in [9.17, 15) is 9.18 Å². The van der Waals surface area contributed by atoms with E-state index in [1.807, 2.05) is 13.8 Å². The van der Waals surface area contributed by atoms with Crippen molar-refractivity contribution in [2.45, 2.75) is 33.4 Å². The summed E-state index contributed by atoms with van der Waals surface area (Å²) in [4.78, 5) is 11.7. The van der Waals surface area contributed by atoms with Gasteiger partial charge in [0.15, 0.2) is 0 Å². The summed E-state index contributed by atoms with van der Waals surface area (Å²) in [6.07, 6.45) is 0. The molecule has 0 aliphatic rings. The second kappa shape index (κ2) is 7.46. The van der Waals surface area contributed by atoms with Crippen molar-refractivity contribution in [2.24, 2.45) is 5.92 Å². The van der Waals surface area contributed by atoms with E-state index >= 15 is 0 Å². The molecule has 19 heavy (non-hydrogen) atoms. The molecule has 1 aromatic rings. The van der Waals surface area contributed by atoms with Crippen molar-refractivity contribution >= 4 is 17.5 Å². The zero-order valence-electron chi connectivity index (χ0n) is 11.5. The quantitative estimate of drug-likeness (QED) is 0.844. The third-order valence-electron chi connectivity index (χ3n) is 2.68. The first-order chi connectivity index (χ1) is 8.90. The first kappa shape index (κ1) is 15.9. The molecule has 0 aliphatic carbocycles. The highest BCUT2D eigenvalue weighted by atomic mass is 35.5. The summed E-state index contributed by atoms with van der Waals surface area (Å²) < 4.78 is 13.5. The molecule has 106 valence electrons. The van der Waals surface area contributed by atoms with Gasteiger partial charge in [0.1, 0.15) is 5.82 Å². The fraction of sp³-hybridized carbons (Fsp3) is 0.500. The zero-order valence-corrected chi connectivity index (χ0v) is 12.2. The first-order valence-electron chi connectivity index (χ1n) is 6.35. The first-order valence-corrected chi connectivity index (χ1v) is 6.73. The molecular weight excluding hydrogens is 267 g/mol. The maximum atomic E-state index is 13.5. The van der Waals surface area contributed by atoms with Gasteiger partial charge in [-0.1, -0.05) is 25.4 Å². The van der Waals surface area contributed by atoms with Crippen LogP contribution in [0.25, 0.3) is 0 Å². The Balaban J connectivity index is 2.47. The fourth-order valence-corrected chi connectivity index (χ4v) is 1.69. The van der Waals surface area contributed by atoms with Crippen molar-refractivity contribution in [1.82, 2.24) is 10.6 Å². The molecule has 1 unspecified atom stereocenters. The van der Waals surface area contributed by atoms with Crippen LogP contribution in [0.15, 0.2) is 18.2 Å².